The van der Waals surface area contributed by atoms with Crippen LogP contribution in [0.5, 0.6) is 0 Å². The topological polar surface area (TPSA) is 20.3 Å². The highest BCUT2D eigenvalue weighted by molar-refractivity contribution is 9.09. The van der Waals surface area contributed by atoms with Crippen molar-refractivity contribution >= 4 is 39.1 Å². The minimum atomic E-state index is -4.53. The highest BCUT2D eigenvalue weighted by Gasteiger charge is 2.39. The molecule has 0 aliphatic carbocycles. The Bertz CT molecular complexity index is 506. The van der Waals surface area contributed by atoms with Crippen LogP contribution in [0.3, 0.4) is 0 Å². The molecule has 104 valence electrons. The first-order valence-corrected chi connectivity index (χ1v) is 7.06. The van der Waals surface area contributed by atoms with Gasteiger partial charge in [0.2, 0.25) is 5.91 Å². The Morgan fingerprint density at radius 2 is 2.11 bits per heavy atom. The van der Waals surface area contributed by atoms with E-state index in [2.05, 4.69) is 15.9 Å². The van der Waals surface area contributed by atoms with E-state index < -0.39 is 11.7 Å². The predicted octanol–water partition coefficient (Wildman–Crippen LogP) is 4.11. The third-order valence-corrected chi connectivity index (χ3v) is 4.13. The summed E-state index contributed by atoms with van der Waals surface area (Å²) in [5, 5.41) is 0.587. The molecule has 1 fully saturated rings. The highest BCUT2D eigenvalue weighted by Crippen LogP contribution is 2.40. The van der Waals surface area contributed by atoms with Crippen LogP contribution < -0.4 is 4.90 Å². The van der Waals surface area contributed by atoms with Crippen LogP contribution in [0.2, 0.25) is 5.02 Å². The smallest absolute Gasteiger partial charge is 0.311 e. The Hall–Kier alpha value is -0.750. The molecule has 0 saturated carbocycles. The number of nitrogens with zero attached hydrogens (tertiary/aromatic N) is 1. The lowest BCUT2D eigenvalue weighted by atomic mass is 10.1. The quantitative estimate of drug-likeness (QED) is 0.730. The van der Waals surface area contributed by atoms with Crippen molar-refractivity contribution < 1.29 is 18.0 Å². The largest absolute Gasteiger partial charge is 0.418 e. The lowest BCUT2D eigenvalue weighted by molar-refractivity contribution is -0.137. The summed E-state index contributed by atoms with van der Waals surface area (Å²) in [6, 6.07) is 3.46. The molecular weight excluding hydrogens is 346 g/mol. The summed E-state index contributed by atoms with van der Waals surface area (Å²) >= 11 is 8.86. The van der Waals surface area contributed by atoms with Crippen LogP contribution in [-0.4, -0.2) is 17.8 Å². The Kier molecular flexibility index (Phi) is 4.11. The molecule has 0 radical (unpaired) electrons. The average Bonchev–Trinajstić information content (AvgIpc) is 2.69. The number of benzene rings is 1. The number of halogens is 5. The van der Waals surface area contributed by atoms with Gasteiger partial charge in [-0.1, -0.05) is 27.5 Å². The molecule has 2 rings (SSSR count). The molecule has 0 bridgehead atoms. The molecule has 1 amide bonds. The lowest BCUT2D eigenvalue weighted by Gasteiger charge is -2.21. The van der Waals surface area contributed by atoms with Gasteiger partial charge in [0.25, 0.3) is 0 Å². The van der Waals surface area contributed by atoms with E-state index in [0.717, 1.165) is 6.07 Å². The summed E-state index contributed by atoms with van der Waals surface area (Å²) in [5.41, 5.74) is -0.992. The van der Waals surface area contributed by atoms with Crippen molar-refractivity contribution in [2.45, 2.75) is 12.6 Å². The van der Waals surface area contributed by atoms with Gasteiger partial charge >= 0.3 is 6.18 Å². The molecule has 1 saturated heterocycles. The van der Waals surface area contributed by atoms with Crippen molar-refractivity contribution in [1.29, 1.82) is 0 Å². The van der Waals surface area contributed by atoms with E-state index in [1.807, 2.05) is 0 Å². The van der Waals surface area contributed by atoms with Crippen LogP contribution in [0, 0.1) is 5.92 Å². The Morgan fingerprint density at radius 1 is 1.42 bits per heavy atom. The standard InChI is InChI=1S/C12H10BrClF3NO/c13-5-7-3-11(19)18(6-7)10-2-1-8(14)4-9(10)12(15,16)17/h1-2,4,7H,3,5-6H2. The monoisotopic (exact) mass is 355 g/mol. The van der Waals surface area contributed by atoms with E-state index >= 15 is 0 Å². The Balaban J connectivity index is 2.43. The molecule has 1 aromatic carbocycles. The fraction of sp³-hybridized carbons (Fsp3) is 0.417. The van der Waals surface area contributed by atoms with Gasteiger partial charge in [-0.05, 0) is 24.1 Å². The van der Waals surface area contributed by atoms with E-state index in [9.17, 15) is 18.0 Å². The van der Waals surface area contributed by atoms with Crippen molar-refractivity contribution in [3.63, 3.8) is 0 Å². The second-order valence-corrected chi connectivity index (χ2v) is 5.47. The zero-order valence-corrected chi connectivity index (χ0v) is 12.0. The fourth-order valence-electron chi connectivity index (χ4n) is 2.09. The van der Waals surface area contributed by atoms with Gasteiger partial charge in [-0.25, -0.2) is 0 Å². The Morgan fingerprint density at radius 3 is 2.63 bits per heavy atom. The van der Waals surface area contributed by atoms with Crippen molar-refractivity contribution in [3.8, 4) is 0 Å². The third-order valence-electron chi connectivity index (χ3n) is 2.98. The van der Waals surface area contributed by atoms with E-state index in [1.165, 1.54) is 17.0 Å². The third kappa shape index (κ3) is 3.05. The van der Waals surface area contributed by atoms with E-state index in [4.69, 9.17) is 11.6 Å². The molecule has 0 aromatic heterocycles. The zero-order valence-electron chi connectivity index (χ0n) is 9.68. The maximum absolute atomic E-state index is 13.0. The number of carbonyl (C=O) groups excluding carboxylic acids is 1. The number of carbonyl (C=O) groups is 1. The lowest BCUT2D eigenvalue weighted by Crippen LogP contribution is -2.27. The number of hydrogen-bond acceptors (Lipinski definition) is 1. The molecular formula is C12H10BrClF3NO. The second kappa shape index (κ2) is 5.32. The summed E-state index contributed by atoms with van der Waals surface area (Å²) in [6.45, 7) is 0.287. The van der Waals surface area contributed by atoms with E-state index in [-0.39, 0.29) is 35.5 Å². The molecule has 1 aromatic rings. The summed E-state index contributed by atoms with van der Waals surface area (Å²) in [4.78, 5) is 13.0. The predicted molar refractivity (Wildman–Crippen MR) is 70.7 cm³/mol. The zero-order chi connectivity index (χ0) is 14.2. The highest BCUT2D eigenvalue weighted by atomic mass is 79.9. The summed E-state index contributed by atoms with van der Waals surface area (Å²) in [7, 11) is 0. The van der Waals surface area contributed by atoms with Gasteiger partial charge in [0.15, 0.2) is 0 Å². The molecule has 7 heteroatoms. The van der Waals surface area contributed by atoms with Gasteiger partial charge in [-0.15, -0.1) is 0 Å². The maximum Gasteiger partial charge on any atom is 0.418 e. The van der Waals surface area contributed by atoms with Gasteiger partial charge in [0.05, 0.1) is 11.3 Å². The van der Waals surface area contributed by atoms with Gasteiger partial charge in [0, 0.05) is 23.3 Å². The van der Waals surface area contributed by atoms with Crippen LogP contribution in [0.25, 0.3) is 0 Å². The Labute approximate surface area is 121 Å². The fourth-order valence-corrected chi connectivity index (χ4v) is 2.69. The van der Waals surface area contributed by atoms with Crippen LogP contribution >= 0.6 is 27.5 Å². The van der Waals surface area contributed by atoms with Crippen LogP contribution in [0.1, 0.15) is 12.0 Å². The molecule has 1 aliphatic rings. The molecule has 1 aliphatic heterocycles. The summed E-state index contributed by atoms with van der Waals surface area (Å²) in [5.74, 6) is -0.262. The number of rotatable bonds is 2. The normalized spacial score (nSPS) is 20.2. The van der Waals surface area contributed by atoms with E-state index in [0.29, 0.717) is 5.33 Å². The second-order valence-electron chi connectivity index (χ2n) is 4.39. The maximum atomic E-state index is 13.0. The molecule has 1 atom stereocenters. The number of alkyl halides is 4. The van der Waals surface area contributed by atoms with Gasteiger partial charge in [-0.2, -0.15) is 13.2 Å². The van der Waals surface area contributed by atoms with Gasteiger partial charge in [-0.3, -0.25) is 4.79 Å². The van der Waals surface area contributed by atoms with Crippen molar-refractivity contribution in [2.24, 2.45) is 5.92 Å². The van der Waals surface area contributed by atoms with Gasteiger partial charge < -0.3 is 4.90 Å². The first kappa shape index (κ1) is 14.7. The van der Waals surface area contributed by atoms with Crippen LogP contribution in [-0.2, 0) is 11.0 Å². The minimum Gasteiger partial charge on any atom is -0.311 e. The average molecular weight is 357 g/mol. The van der Waals surface area contributed by atoms with Crippen molar-refractivity contribution in [3.05, 3.63) is 28.8 Å². The SMILES string of the molecule is O=C1CC(CBr)CN1c1ccc(Cl)cc1C(F)(F)F. The van der Waals surface area contributed by atoms with Gasteiger partial charge in [0.1, 0.15) is 0 Å². The first-order valence-electron chi connectivity index (χ1n) is 5.56. The molecule has 0 spiro atoms. The minimum absolute atomic E-state index is 0.000220. The molecule has 1 unspecified atom stereocenters. The first-order chi connectivity index (χ1) is 8.82. The molecule has 1 heterocycles. The molecule has 19 heavy (non-hydrogen) atoms. The summed E-state index contributed by atoms with van der Waals surface area (Å²) in [6.07, 6.45) is -4.28. The van der Waals surface area contributed by atoms with Crippen LogP contribution in [0.4, 0.5) is 18.9 Å². The van der Waals surface area contributed by atoms with Crippen molar-refractivity contribution in [1.82, 2.24) is 0 Å². The van der Waals surface area contributed by atoms with Crippen molar-refractivity contribution in [2.75, 3.05) is 16.8 Å². The number of amides is 1. The van der Waals surface area contributed by atoms with E-state index in [1.54, 1.807) is 0 Å². The number of hydrogen-bond donors (Lipinski definition) is 0. The molecule has 2 nitrogen and oxygen atoms in total. The number of anilines is 1. The summed E-state index contributed by atoms with van der Waals surface area (Å²) < 4.78 is 38.9. The van der Waals surface area contributed by atoms with Crippen LogP contribution in [0.15, 0.2) is 18.2 Å². The molecule has 0 N–H and O–H groups in total.